The smallest absolute Gasteiger partial charge is 0.0364 e. The number of hydrogen-bond donors (Lipinski definition) is 0. The van der Waals surface area contributed by atoms with Crippen LogP contribution in [0.15, 0.2) is 24.3 Å². The Hall–Kier alpha value is -1.42. The molecule has 0 aliphatic heterocycles. The quantitative estimate of drug-likeness (QED) is 0.676. The van der Waals surface area contributed by atoms with E-state index in [1.165, 1.54) is 12.1 Å². The molecule has 0 spiro atoms. The van der Waals surface area contributed by atoms with Gasteiger partial charge < -0.3 is 4.90 Å². The molecule has 0 atom stereocenters. The third-order valence-corrected chi connectivity index (χ3v) is 2.52. The van der Waals surface area contributed by atoms with Gasteiger partial charge >= 0.3 is 0 Å². The van der Waals surface area contributed by atoms with Crippen molar-refractivity contribution in [1.82, 2.24) is 0 Å². The second-order valence-electron chi connectivity index (χ2n) is 4.30. The zero-order valence-electron chi connectivity index (χ0n) is 9.83. The van der Waals surface area contributed by atoms with E-state index in [0.29, 0.717) is 0 Å². The maximum atomic E-state index is 5.31. The van der Waals surface area contributed by atoms with Gasteiger partial charge in [-0.05, 0) is 36.6 Å². The Labute approximate surface area is 93.1 Å². The second-order valence-corrected chi connectivity index (χ2v) is 4.30. The molecule has 15 heavy (non-hydrogen) atoms. The summed E-state index contributed by atoms with van der Waals surface area (Å²) in [6.45, 7) is 5.58. The van der Waals surface area contributed by atoms with Crippen LogP contribution in [0.2, 0.25) is 0 Å². The lowest BCUT2D eigenvalue weighted by Crippen LogP contribution is -2.19. The number of benzene rings is 1. The molecular weight excluding hydrogens is 182 g/mol. The molecule has 0 saturated heterocycles. The molecule has 0 unspecified atom stereocenters. The van der Waals surface area contributed by atoms with Gasteiger partial charge in [0.1, 0.15) is 0 Å². The number of anilines is 1. The highest BCUT2D eigenvalue weighted by Crippen LogP contribution is 2.14. The monoisotopic (exact) mass is 201 g/mol. The molecule has 0 fully saturated rings. The van der Waals surface area contributed by atoms with Crippen LogP contribution >= 0.6 is 0 Å². The van der Waals surface area contributed by atoms with Crippen LogP contribution in [-0.4, -0.2) is 13.6 Å². The summed E-state index contributed by atoms with van der Waals surface area (Å²) in [6, 6.07) is 8.13. The van der Waals surface area contributed by atoms with E-state index in [4.69, 9.17) is 6.42 Å². The first-order valence-corrected chi connectivity index (χ1v) is 5.41. The number of terminal acetylenes is 1. The summed E-state index contributed by atoms with van der Waals surface area (Å²) in [5.41, 5.74) is 2.17. The van der Waals surface area contributed by atoms with Crippen LogP contribution in [0.1, 0.15) is 25.8 Å². The van der Waals surface area contributed by atoms with E-state index in [2.05, 4.69) is 43.8 Å². The maximum Gasteiger partial charge on any atom is 0.0364 e. The van der Waals surface area contributed by atoms with Crippen LogP contribution in [0.3, 0.4) is 0 Å². The minimum Gasteiger partial charge on any atom is -0.375 e. The summed E-state index contributed by atoms with van der Waals surface area (Å²) in [6.07, 6.45) is 6.53. The molecule has 1 rings (SSSR count). The van der Waals surface area contributed by atoms with Crippen LogP contribution in [0.4, 0.5) is 5.69 Å². The summed E-state index contributed by atoms with van der Waals surface area (Å²) in [5.74, 6) is 3.37. The molecule has 80 valence electrons. The van der Waals surface area contributed by atoms with Gasteiger partial charge in [0.25, 0.3) is 0 Å². The van der Waals surface area contributed by atoms with Crippen molar-refractivity contribution in [1.29, 1.82) is 0 Å². The van der Waals surface area contributed by atoms with Gasteiger partial charge in [-0.15, -0.1) is 6.42 Å². The molecule has 1 aromatic carbocycles. The number of rotatable bonds is 4. The van der Waals surface area contributed by atoms with Gasteiger partial charge in [0, 0.05) is 24.8 Å². The third-order valence-electron chi connectivity index (χ3n) is 2.52. The average molecular weight is 201 g/mol. The van der Waals surface area contributed by atoms with Crippen LogP contribution in [-0.2, 0) is 0 Å². The molecule has 1 aromatic rings. The van der Waals surface area contributed by atoms with Crippen molar-refractivity contribution in [2.45, 2.75) is 20.3 Å². The van der Waals surface area contributed by atoms with E-state index < -0.39 is 0 Å². The van der Waals surface area contributed by atoms with E-state index in [1.54, 1.807) is 0 Å². The van der Waals surface area contributed by atoms with Gasteiger partial charge in [-0.3, -0.25) is 0 Å². The first-order valence-electron chi connectivity index (χ1n) is 5.41. The fourth-order valence-electron chi connectivity index (χ4n) is 1.39. The molecule has 0 bridgehead atoms. The van der Waals surface area contributed by atoms with Crippen molar-refractivity contribution in [3.05, 3.63) is 29.8 Å². The van der Waals surface area contributed by atoms with Crippen LogP contribution < -0.4 is 4.90 Å². The van der Waals surface area contributed by atoms with E-state index in [1.807, 2.05) is 12.1 Å². The van der Waals surface area contributed by atoms with Gasteiger partial charge in [0.2, 0.25) is 0 Å². The Bertz CT molecular complexity index is 329. The molecule has 0 aliphatic rings. The van der Waals surface area contributed by atoms with E-state index in [9.17, 15) is 0 Å². The Morgan fingerprint density at radius 3 is 2.33 bits per heavy atom. The van der Waals surface area contributed by atoms with Gasteiger partial charge in [0.15, 0.2) is 0 Å². The van der Waals surface area contributed by atoms with Gasteiger partial charge in [0.05, 0.1) is 0 Å². The summed E-state index contributed by atoms with van der Waals surface area (Å²) >= 11 is 0. The summed E-state index contributed by atoms with van der Waals surface area (Å²) < 4.78 is 0. The van der Waals surface area contributed by atoms with Crippen LogP contribution in [0.5, 0.6) is 0 Å². The molecule has 1 heteroatoms. The molecule has 0 aliphatic carbocycles. The fourth-order valence-corrected chi connectivity index (χ4v) is 1.39. The highest BCUT2D eigenvalue weighted by molar-refractivity contribution is 5.49. The fraction of sp³-hybridized carbons (Fsp3) is 0.429. The molecule has 0 N–H and O–H groups in total. The first kappa shape index (κ1) is 11.7. The SMILES string of the molecule is C#Cc1ccc(N(C)CCC(C)C)cc1. The van der Waals surface area contributed by atoms with Crippen molar-refractivity contribution in [3.63, 3.8) is 0 Å². The largest absolute Gasteiger partial charge is 0.375 e. The molecule has 0 aromatic heterocycles. The Kier molecular flexibility index (Phi) is 4.24. The van der Waals surface area contributed by atoms with Gasteiger partial charge in [-0.25, -0.2) is 0 Å². The highest BCUT2D eigenvalue weighted by Gasteiger charge is 2.01. The molecule has 0 heterocycles. The Morgan fingerprint density at radius 1 is 1.27 bits per heavy atom. The van der Waals surface area contributed by atoms with Crippen molar-refractivity contribution < 1.29 is 0 Å². The lowest BCUT2D eigenvalue weighted by molar-refractivity contribution is 0.585. The average Bonchev–Trinajstić information content (AvgIpc) is 2.26. The zero-order valence-corrected chi connectivity index (χ0v) is 9.83. The lowest BCUT2D eigenvalue weighted by atomic mass is 10.1. The molecule has 1 nitrogen and oxygen atoms in total. The van der Waals surface area contributed by atoms with E-state index >= 15 is 0 Å². The van der Waals surface area contributed by atoms with Crippen molar-refractivity contribution in [2.75, 3.05) is 18.5 Å². The molecular formula is C14H19N. The third kappa shape index (κ3) is 3.67. The summed E-state index contributed by atoms with van der Waals surface area (Å²) in [7, 11) is 2.12. The van der Waals surface area contributed by atoms with Gasteiger partial charge in [-0.2, -0.15) is 0 Å². The second kappa shape index (κ2) is 5.46. The molecule has 0 amide bonds. The van der Waals surface area contributed by atoms with Crippen molar-refractivity contribution in [2.24, 2.45) is 5.92 Å². The topological polar surface area (TPSA) is 3.24 Å². The van der Waals surface area contributed by atoms with Crippen molar-refractivity contribution in [3.8, 4) is 12.3 Å². The van der Waals surface area contributed by atoms with Crippen LogP contribution in [0, 0.1) is 18.3 Å². The zero-order chi connectivity index (χ0) is 11.3. The normalized spacial score (nSPS) is 10.1. The minimum atomic E-state index is 0.748. The Balaban J connectivity index is 2.58. The first-order chi connectivity index (χ1) is 7.13. The maximum absolute atomic E-state index is 5.31. The molecule has 0 saturated carbocycles. The number of nitrogens with zero attached hydrogens (tertiary/aromatic N) is 1. The predicted octanol–water partition coefficient (Wildman–Crippen LogP) is 3.15. The van der Waals surface area contributed by atoms with E-state index in [0.717, 1.165) is 18.0 Å². The van der Waals surface area contributed by atoms with E-state index in [-0.39, 0.29) is 0 Å². The van der Waals surface area contributed by atoms with Crippen molar-refractivity contribution >= 4 is 5.69 Å². The summed E-state index contributed by atoms with van der Waals surface area (Å²) in [5, 5.41) is 0. The highest BCUT2D eigenvalue weighted by atomic mass is 15.1. The molecule has 0 radical (unpaired) electrons. The van der Waals surface area contributed by atoms with Crippen LogP contribution in [0.25, 0.3) is 0 Å². The standard InChI is InChI=1S/C14H19N/c1-5-13-6-8-14(9-7-13)15(4)11-10-12(2)3/h1,6-9,12H,10-11H2,2-4H3. The number of hydrogen-bond acceptors (Lipinski definition) is 1. The minimum absolute atomic E-state index is 0.748. The van der Waals surface area contributed by atoms with Gasteiger partial charge in [-0.1, -0.05) is 19.8 Å². The predicted molar refractivity (Wildman–Crippen MR) is 67.1 cm³/mol. The lowest BCUT2D eigenvalue weighted by Gasteiger charge is -2.20. The summed E-state index contributed by atoms with van der Waals surface area (Å²) in [4.78, 5) is 2.26. The Morgan fingerprint density at radius 2 is 1.87 bits per heavy atom.